The number of aromatic hydroxyl groups is 3. The fourth-order valence-corrected chi connectivity index (χ4v) is 4.19. The van der Waals surface area contributed by atoms with Crippen molar-refractivity contribution in [3.8, 4) is 34.3 Å². The van der Waals surface area contributed by atoms with Gasteiger partial charge < -0.3 is 43.8 Å². The van der Waals surface area contributed by atoms with Gasteiger partial charge in [-0.3, -0.25) is 4.79 Å². The summed E-state index contributed by atoms with van der Waals surface area (Å²) in [5.41, 5.74) is -0.452. The third-order valence-electron chi connectivity index (χ3n) is 5.75. The maximum atomic E-state index is 13.5. The molecule has 10 nitrogen and oxygen atoms in total. The summed E-state index contributed by atoms with van der Waals surface area (Å²) in [6, 6.07) is 8.00. The Kier molecular flexibility index (Phi) is 7.18. The van der Waals surface area contributed by atoms with Crippen molar-refractivity contribution in [1.82, 2.24) is 0 Å². The lowest BCUT2D eigenvalue weighted by Crippen LogP contribution is -2.60. The third kappa shape index (κ3) is 4.78. The Balaban J connectivity index is 1.83. The Hall–Kier alpha value is -3.31. The van der Waals surface area contributed by atoms with Gasteiger partial charge in [0.1, 0.15) is 46.5 Å². The summed E-state index contributed by atoms with van der Waals surface area (Å²) in [6.07, 6.45) is -4.54. The van der Waals surface area contributed by atoms with E-state index in [1.165, 1.54) is 30.3 Å². The summed E-state index contributed by atoms with van der Waals surface area (Å²) in [7, 11) is 0. The van der Waals surface area contributed by atoms with E-state index in [-0.39, 0.29) is 34.0 Å². The largest absolute Gasteiger partial charge is 0.508 e. The van der Waals surface area contributed by atoms with Crippen molar-refractivity contribution in [2.24, 2.45) is 0 Å². The average Bonchev–Trinajstić information content (AvgIpc) is 2.81. The predicted octanol–water partition coefficient (Wildman–Crippen LogP) is 2.87. The van der Waals surface area contributed by atoms with E-state index in [0.29, 0.717) is 18.8 Å². The molecule has 5 atom stereocenters. The van der Waals surface area contributed by atoms with Crippen LogP contribution >= 0.6 is 0 Å². The minimum Gasteiger partial charge on any atom is -0.508 e. The van der Waals surface area contributed by atoms with Crippen LogP contribution in [0.3, 0.4) is 0 Å². The number of hydrogen-bond acceptors (Lipinski definition) is 10. The normalized spacial score (nSPS) is 24.5. The van der Waals surface area contributed by atoms with Gasteiger partial charge in [0.15, 0.2) is 5.76 Å². The maximum absolute atomic E-state index is 13.5. The van der Waals surface area contributed by atoms with Crippen LogP contribution in [0, 0.1) is 0 Å². The Bertz CT molecular complexity index is 1240. The molecule has 0 radical (unpaired) electrons. The van der Waals surface area contributed by atoms with E-state index in [1.54, 1.807) is 13.8 Å². The second kappa shape index (κ2) is 10.1. The highest BCUT2D eigenvalue weighted by Gasteiger charge is 2.46. The monoisotopic (exact) mass is 488 g/mol. The van der Waals surface area contributed by atoms with Gasteiger partial charge in [0, 0.05) is 30.9 Å². The Morgan fingerprint density at radius 1 is 0.943 bits per heavy atom. The number of phenolic OH excluding ortho intramolecular Hbond substituents is 3. The highest BCUT2D eigenvalue weighted by molar-refractivity contribution is 5.88. The lowest BCUT2D eigenvalue weighted by atomic mass is 9.99. The number of phenols is 3. The molecule has 1 saturated heterocycles. The van der Waals surface area contributed by atoms with E-state index < -0.39 is 41.9 Å². The molecule has 0 spiro atoms. The van der Waals surface area contributed by atoms with Gasteiger partial charge in [-0.15, -0.1) is 0 Å². The van der Waals surface area contributed by atoms with Gasteiger partial charge in [0.2, 0.25) is 17.5 Å². The van der Waals surface area contributed by atoms with Crippen LogP contribution in [0.4, 0.5) is 0 Å². The molecule has 0 unspecified atom stereocenters. The highest BCUT2D eigenvalue weighted by atomic mass is 16.7. The second-order valence-corrected chi connectivity index (χ2v) is 8.13. The molecule has 0 aliphatic carbocycles. The smallest absolute Gasteiger partial charge is 0.239 e. The zero-order valence-corrected chi connectivity index (χ0v) is 19.5. The van der Waals surface area contributed by atoms with Crippen LogP contribution in [0.2, 0.25) is 0 Å². The van der Waals surface area contributed by atoms with Crippen LogP contribution in [0.15, 0.2) is 45.6 Å². The first-order valence-electron chi connectivity index (χ1n) is 11.3. The maximum Gasteiger partial charge on any atom is 0.239 e. The van der Waals surface area contributed by atoms with Gasteiger partial charge in [-0.05, 0) is 45.0 Å². The molecule has 0 bridgehead atoms. The molecule has 4 N–H and O–H groups in total. The standard InChI is InChI=1S/C25H28O10/c1-4-31-21-12(3)33-25(20(30)23(21)32-5-2)35-24-19(29)18-16(28)10-15(27)11-17(18)34-22(24)13-6-8-14(26)9-7-13/h6-12,20-21,23,25-28,30H,4-5H2,1-3H3/t12-,20+,21-,23-,25-/m0/s1. The number of rotatable bonds is 7. The SMILES string of the molecule is CCO[C@@H]1[C@@H](OCC)[C@@H](O)[C@H](Oc2c(-c3ccc(O)cc3)oc3cc(O)cc(O)c3c2=O)O[C@H]1C. The minimum absolute atomic E-state index is 0.00368. The summed E-state index contributed by atoms with van der Waals surface area (Å²) in [6.45, 7) is 6.03. The molecule has 1 aromatic heterocycles. The summed E-state index contributed by atoms with van der Waals surface area (Å²) < 4.78 is 29.1. The molecule has 10 heteroatoms. The number of hydrogen-bond donors (Lipinski definition) is 4. The van der Waals surface area contributed by atoms with E-state index >= 15 is 0 Å². The first kappa shape index (κ1) is 24.8. The van der Waals surface area contributed by atoms with Crippen molar-refractivity contribution in [2.75, 3.05) is 13.2 Å². The molecule has 35 heavy (non-hydrogen) atoms. The predicted molar refractivity (Wildman–Crippen MR) is 125 cm³/mol. The van der Waals surface area contributed by atoms with Crippen LogP contribution in [-0.4, -0.2) is 64.3 Å². The Labute approximate surface area is 200 Å². The molecule has 4 rings (SSSR count). The van der Waals surface area contributed by atoms with Gasteiger partial charge in [-0.25, -0.2) is 0 Å². The van der Waals surface area contributed by atoms with Crippen molar-refractivity contribution in [3.05, 3.63) is 46.6 Å². The summed E-state index contributed by atoms with van der Waals surface area (Å²) in [4.78, 5) is 13.5. The molecule has 0 amide bonds. The fraction of sp³-hybridized carbons (Fsp3) is 0.400. The minimum atomic E-state index is -1.33. The molecule has 1 aliphatic heterocycles. The van der Waals surface area contributed by atoms with Crippen LogP contribution in [0.1, 0.15) is 20.8 Å². The van der Waals surface area contributed by atoms with Crippen molar-refractivity contribution < 1.29 is 43.8 Å². The van der Waals surface area contributed by atoms with Gasteiger partial charge in [-0.2, -0.15) is 0 Å². The van der Waals surface area contributed by atoms with E-state index in [2.05, 4.69) is 0 Å². The van der Waals surface area contributed by atoms with Crippen molar-refractivity contribution in [3.63, 3.8) is 0 Å². The first-order valence-corrected chi connectivity index (χ1v) is 11.3. The van der Waals surface area contributed by atoms with Crippen molar-refractivity contribution in [2.45, 2.75) is 51.5 Å². The van der Waals surface area contributed by atoms with Gasteiger partial charge in [0.25, 0.3) is 0 Å². The summed E-state index contributed by atoms with van der Waals surface area (Å²) in [5.74, 6) is -1.18. The van der Waals surface area contributed by atoms with E-state index in [4.69, 9.17) is 23.4 Å². The third-order valence-corrected chi connectivity index (χ3v) is 5.75. The van der Waals surface area contributed by atoms with E-state index in [0.717, 1.165) is 6.07 Å². The number of aliphatic hydroxyl groups excluding tert-OH is 1. The topological polar surface area (TPSA) is 148 Å². The summed E-state index contributed by atoms with van der Waals surface area (Å²) >= 11 is 0. The number of benzene rings is 2. The molecule has 188 valence electrons. The molecular weight excluding hydrogens is 460 g/mol. The Morgan fingerprint density at radius 2 is 1.60 bits per heavy atom. The number of fused-ring (bicyclic) bond motifs is 1. The quantitative estimate of drug-likeness (QED) is 0.391. The van der Waals surface area contributed by atoms with Crippen LogP contribution < -0.4 is 10.2 Å². The second-order valence-electron chi connectivity index (χ2n) is 8.13. The van der Waals surface area contributed by atoms with E-state index in [9.17, 15) is 25.2 Å². The lowest BCUT2D eigenvalue weighted by Gasteiger charge is -2.42. The van der Waals surface area contributed by atoms with Crippen molar-refractivity contribution in [1.29, 1.82) is 0 Å². The first-order chi connectivity index (χ1) is 16.7. The van der Waals surface area contributed by atoms with E-state index in [1.807, 2.05) is 6.92 Å². The van der Waals surface area contributed by atoms with Crippen LogP contribution in [0.25, 0.3) is 22.3 Å². The molecule has 2 aromatic carbocycles. The highest BCUT2D eigenvalue weighted by Crippen LogP contribution is 2.37. The summed E-state index contributed by atoms with van der Waals surface area (Å²) in [5, 5.41) is 40.7. The zero-order valence-electron chi connectivity index (χ0n) is 19.5. The molecule has 2 heterocycles. The van der Waals surface area contributed by atoms with Crippen LogP contribution in [0.5, 0.6) is 23.0 Å². The zero-order chi connectivity index (χ0) is 25.3. The molecular formula is C25H28O10. The van der Waals surface area contributed by atoms with Gasteiger partial charge >= 0.3 is 0 Å². The molecule has 3 aromatic rings. The average molecular weight is 488 g/mol. The lowest BCUT2D eigenvalue weighted by molar-refractivity contribution is -0.284. The fourth-order valence-electron chi connectivity index (χ4n) is 4.19. The number of ether oxygens (including phenoxy) is 4. The number of aliphatic hydroxyl groups is 1. The van der Waals surface area contributed by atoms with Gasteiger partial charge in [-0.1, -0.05) is 0 Å². The van der Waals surface area contributed by atoms with Crippen molar-refractivity contribution >= 4 is 11.0 Å². The Morgan fingerprint density at radius 3 is 2.26 bits per heavy atom. The molecule has 1 aliphatic rings. The molecule has 1 fully saturated rings. The van der Waals surface area contributed by atoms with Gasteiger partial charge in [0.05, 0.1) is 6.10 Å². The van der Waals surface area contributed by atoms with Crippen LogP contribution in [-0.2, 0) is 14.2 Å². The molecule has 0 saturated carbocycles.